The molecule has 2 atom stereocenters. The largest absolute Gasteiger partial charge is 0.469 e. The van der Waals surface area contributed by atoms with Crippen LogP contribution in [0.5, 0.6) is 0 Å². The van der Waals surface area contributed by atoms with Gasteiger partial charge in [-0.05, 0) is 12.8 Å². The number of hydrogen-bond acceptors (Lipinski definition) is 4. The molecule has 0 aromatic rings. The van der Waals surface area contributed by atoms with Crippen molar-refractivity contribution in [3.8, 4) is 0 Å². The normalized spacial score (nSPS) is 34.3. The van der Waals surface area contributed by atoms with E-state index >= 15 is 0 Å². The lowest BCUT2D eigenvalue weighted by Gasteiger charge is -2.24. The Morgan fingerprint density at radius 1 is 1.47 bits per heavy atom. The van der Waals surface area contributed by atoms with E-state index in [1.807, 2.05) is 0 Å². The van der Waals surface area contributed by atoms with Crippen LogP contribution in [-0.2, 0) is 19.1 Å². The maximum absolute atomic E-state index is 11.8. The summed E-state index contributed by atoms with van der Waals surface area (Å²) < 4.78 is 4.60. The highest BCUT2D eigenvalue weighted by atomic mass is 16.5. The van der Waals surface area contributed by atoms with Crippen LogP contribution in [-0.4, -0.2) is 24.6 Å². The molecule has 0 bridgehead atoms. The van der Waals surface area contributed by atoms with Gasteiger partial charge in [0.1, 0.15) is 11.6 Å². The Morgan fingerprint density at radius 2 is 2.20 bits per heavy atom. The third kappa shape index (κ3) is 1.39. The fraction of sp³-hybridized carbons (Fsp3) is 0.727. The average molecular weight is 210 g/mol. The van der Waals surface area contributed by atoms with Gasteiger partial charge in [0, 0.05) is 24.2 Å². The summed E-state index contributed by atoms with van der Waals surface area (Å²) in [4.78, 5) is 34.7. The number of carbonyl (C=O) groups excluding carboxylic acids is 3. The predicted octanol–water partition coefficient (Wildman–Crippen LogP) is 0.878. The fourth-order valence-corrected chi connectivity index (χ4v) is 2.94. The zero-order valence-electron chi connectivity index (χ0n) is 8.75. The van der Waals surface area contributed by atoms with E-state index in [1.54, 1.807) is 0 Å². The first-order valence-electron chi connectivity index (χ1n) is 5.23. The van der Waals surface area contributed by atoms with Gasteiger partial charge in [-0.2, -0.15) is 0 Å². The van der Waals surface area contributed by atoms with Gasteiger partial charge in [-0.15, -0.1) is 0 Å². The van der Waals surface area contributed by atoms with E-state index < -0.39 is 5.41 Å². The molecule has 2 saturated carbocycles. The molecular formula is C11H14O4. The van der Waals surface area contributed by atoms with Crippen LogP contribution in [0.3, 0.4) is 0 Å². The molecule has 0 heterocycles. The van der Waals surface area contributed by atoms with Crippen molar-refractivity contribution in [3.05, 3.63) is 0 Å². The van der Waals surface area contributed by atoms with Crippen LogP contribution in [0.15, 0.2) is 0 Å². The van der Waals surface area contributed by atoms with Gasteiger partial charge in [-0.3, -0.25) is 14.4 Å². The lowest BCUT2D eigenvalue weighted by molar-refractivity contribution is -0.147. The zero-order valence-corrected chi connectivity index (χ0v) is 8.75. The molecule has 0 aromatic heterocycles. The van der Waals surface area contributed by atoms with Gasteiger partial charge in [-0.1, -0.05) is 0 Å². The number of esters is 1. The molecule has 2 aliphatic rings. The van der Waals surface area contributed by atoms with Crippen LogP contribution in [0, 0.1) is 11.3 Å². The molecule has 82 valence electrons. The van der Waals surface area contributed by atoms with E-state index in [0.29, 0.717) is 25.7 Å². The second-order valence-electron chi connectivity index (χ2n) is 4.39. The van der Waals surface area contributed by atoms with Gasteiger partial charge in [0.25, 0.3) is 0 Å². The summed E-state index contributed by atoms with van der Waals surface area (Å²) in [5, 5.41) is 0. The number of methoxy groups -OCH3 is 1. The molecule has 4 nitrogen and oxygen atoms in total. The minimum absolute atomic E-state index is 0.0729. The Kier molecular flexibility index (Phi) is 2.37. The number of Topliss-reactive ketones (excluding diaryl/α,β-unsaturated/α-hetero) is 2. The van der Waals surface area contributed by atoms with Gasteiger partial charge in [0.15, 0.2) is 0 Å². The van der Waals surface area contributed by atoms with Crippen LogP contribution in [0.25, 0.3) is 0 Å². The van der Waals surface area contributed by atoms with Crippen molar-refractivity contribution in [1.82, 2.24) is 0 Å². The molecule has 0 amide bonds. The average Bonchev–Trinajstić information content (AvgIpc) is 2.69. The SMILES string of the molecule is COC(=O)C[C@]12CCC(=O)[C@H]1CCC2=O. The predicted molar refractivity (Wildman–Crippen MR) is 51.0 cm³/mol. The van der Waals surface area contributed by atoms with Crippen molar-refractivity contribution in [2.24, 2.45) is 11.3 Å². The lowest BCUT2D eigenvalue weighted by atomic mass is 9.76. The third-order valence-corrected chi connectivity index (χ3v) is 3.78. The first-order valence-corrected chi connectivity index (χ1v) is 5.23. The molecule has 4 heteroatoms. The molecule has 0 aromatic carbocycles. The molecule has 2 fully saturated rings. The second-order valence-corrected chi connectivity index (χ2v) is 4.39. The summed E-state index contributed by atoms with van der Waals surface area (Å²) in [5.74, 6) is -0.387. The maximum Gasteiger partial charge on any atom is 0.306 e. The highest BCUT2D eigenvalue weighted by molar-refractivity contribution is 6.00. The number of fused-ring (bicyclic) bond motifs is 1. The minimum Gasteiger partial charge on any atom is -0.469 e. The van der Waals surface area contributed by atoms with Crippen LogP contribution in [0.2, 0.25) is 0 Å². The summed E-state index contributed by atoms with van der Waals surface area (Å²) >= 11 is 0. The number of rotatable bonds is 2. The molecule has 15 heavy (non-hydrogen) atoms. The molecule has 0 radical (unpaired) electrons. The second kappa shape index (κ2) is 3.43. The standard InChI is InChI=1S/C11H14O4/c1-15-10(14)6-11-5-4-8(12)7(11)2-3-9(11)13/h7H,2-6H2,1H3/t7-,11-/m1/s1. The van der Waals surface area contributed by atoms with Crippen LogP contribution < -0.4 is 0 Å². The van der Waals surface area contributed by atoms with Crippen LogP contribution >= 0.6 is 0 Å². The fourth-order valence-electron chi connectivity index (χ4n) is 2.94. The van der Waals surface area contributed by atoms with Crippen molar-refractivity contribution < 1.29 is 19.1 Å². The quantitative estimate of drug-likeness (QED) is 0.635. The summed E-state index contributed by atoms with van der Waals surface area (Å²) in [6.45, 7) is 0. The Morgan fingerprint density at radius 3 is 2.87 bits per heavy atom. The van der Waals surface area contributed by atoms with Crippen molar-refractivity contribution in [2.75, 3.05) is 7.11 Å². The van der Waals surface area contributed by atoms with Crippen molar-refractivity contribution in [1.29, 1.82) is 0 Å². The summed E-state index contributed by atoms with van der Waals surface area (Å²) in [5.41, 5.74) is -0.704. The molecule has 2 aliphatic carbocycles. The molecule has 0 spiro atoms. The number of hydrogen-bond donors (Lipinski definition) is 0. The molecule has 0 unspecified atom stereocenters. The maximum atomic E-state index is 11.8. The first-order chi connectivity index (χ1) is 7.10. The molecule has 0 N–H and O–H groups in total. The monoisotopic (exact) mass is 210 g/mol. The van der Waals surface area contributed by atoms with E-state index in [1.165, 1.54) is 7.11 Å². The van der Waals surface area contributed by atoms with Gasteiger partial charge in [0.05, 0.1) is 13.5 Å². The third-order valence-electron chi connectivity index (χ3n) is 3.78. The van der Waals surface area contributed by atoms with Gasteiger partial charge in [-0.25, -0.2) is 0 Å². The Balaban J connectivity index is 2.26. The number of ether oxygens (including phenoxy) is 1. The Bertz CT molecular complexity index is 333. The Labute approximate surface area is 88.0 Å². The van der Waals surface area contributed by atoms with E-state index in [-0.39, 0.29) is 29.9 Å². The highest BCUT2D eigenvalue weighted by Gasteiger charge is 2.57. The molecule has 2 rings (SSSR count). The lowest BCUT2D eigenvalue weighted by Crippen LogP contribution is -2.33. The highest BCUT2D eigenvalue weighted by Crippen LogP contribution is 2.52. The topological polar surface area (TPSA) is 60.4 Å². The summed E-state index contributed by atoms with van der Waals surface area (Å²) in [7, 11) is 1.31. The van der Waals surface area contributed by atoms with E-state index in [2.05, 4.69) is 4.74 Å². The van der Waals surface area contributed by atoms with Gasteiger partial charge in [0.2, 0.25) is 0 Å². The smallest absolute Gasteiger partial charge is 0.306 e. The molecule has 0 saturated heterocycles. The van der Waals surface area contributed by atoms with Crippen molar-refractivity contribution in [2.45, 2.75) is 32.1 Å². The van der Waals surface area contributed by atoms with Crippen LogP contribution in [0.1, 0.15) is 32.1 Å². The number of carbonyl (C=O) groups is 3. The minimum atomic E-state index is -0.704. The van der Waals surface area contributed by atoms with Crippen LogP contribution in [0.4, 0.5) is 0 Å². The van der Waals surface area contributed by atoms with Crippen molar-refractivity contribution >= 4 is 17.5 Å². The van der Waals surface area contributed by atoms with Crippen molar-refractivity contribution in [3.63, 3.8) is 0 Å². The molecular weight excluding hydrogens is 196 g/mol. The first kappa shape index (κ1) is 10.3. The Hall–Kier alpha value is -1.19. The van der Waals surface area contributed by atoms with Gasteiger partial charge < -0.3 is 4.74 Å². The summed E-state index contributed by atoms with van der Waals surface area (Å²) in [6, 6.07) is 0. The van der Waals surface area contributed by atoms with E-state index in [9.17, 15) is 14.4 Å². The van der Waals surface area contributed by atoms with E-state index in [0.717, 1.165) is 0 Å². The molecule has 0 aliphatic heterocycles. The zero-order chi connectivity index (χ0) is 11.1. The van der Waals surface area contributed by atoms with Gasteiger partial charge >= 0.3 is 5.97 Å². The van der Waals surface area contributed by atoms with E-state index in [4.69, 9.17) is 0 Å². The summed E-state index contributed by atoms with van der Waals surface area (Å²) in [6.07, 6.45) is 2.11. The number of ketones is 2.